The van der Waals surface area contributed by atoms with E-state index in [1.165, 1.54) is 0 Å². The summed E-state index contributed by atoms with van der Waals surface area (Å²) in [5.41, 5.74) is 0. The summed E-state index contributed by atoms with van der Waals surface area (Å²) in [6, 6.07) is 0. The summed E-state index contributed by atoms with van der Waals surface area (Å²) in [5, 5.41) is 17.1. The predicted octanol–water partition coefficient (Wildman–Crippen LogP) is 0.923. The number of halogens is 2. The molecule has 0 amide bonds. The van der Waals surface area contributed by atoms with Crippen molar-refractivity contribution in [3.8, 4) is 0 Å². The van der Waals surface area contributed by atoms with Gasteiger partial charge in [-0.1, -0.05) is 6.92 Å². The lowest BCUT2D eigenvalue weighted by Crippen LogP contribution is -2.38. The Hall–Kier alpha value is 0.500. The number of alkyl halides is 2. The Balaban J connectivity index is 3.80. The molecule has 0 aromatic carbocycles. The lowest BCUT2D eigenvalue weighted by Gasteiger charge is -2.23. The summed E-state index contributed by atoms with van der Waals surface area (Å²) in [7, 11) is 0. The molecule has 2 N–H and O–H groups in total. The fraction of sp³-hybridized carbons (Fsp3) is 1.00. The van der Waals surface area contributed by atoms with Crippen molar-refractivity contribution in [3.63, 3.8) is 0 Å². The molecule has 0 rings (SSSR count). The second-order valence-corrected chi connectivity index (χ2v) is 2.69. The standard InChI is InChI=1S/C5H10Cl2O2/c1-2-5(8,9)4(7)3-6/h4,8-9H,2-3H2,1H3/t4-/m1/s1. The van der Waals surface area contributed by atoms with Crippen molar-refractivity contribution in [2.45, 2.75) is 24.5 Å². The van der Waals surface area contributed by atoms with Crippen LogP contribution < -0.4 is 0 Å². The first-order valence-electron chi connectivity index (χ1n) is 2.69. The number of hydrogen-bond acceptors (Lipinski definition) is 2. The maximum atomic E-state index is 8.93. The molecule has 2 nitrogen and oxygen atoms in total. The smallest absolute Gasteiger partial charge is 0.180 e. The van der Waals surface area contributed by atoms with Crippen LogP contribution in [0.15, 0.2) is 0 Å². The molecule has 0 unspecified atom stereocenters. The van der Waals surface area contributed by atoms with Gasteiger partial charge in [0.2, 0.25) is 0 Å². The van der Waals surface area contributed by atoms with Gasteiger partial charge in [-0.3, -0.25) is 0 Å². The average molecular weight is 173 g/mol. The molecule has 56 valence electrons. The van der Waals surface area contributed by atoms with Crippen LogP contribution in [0.5, 0.6) is 0 Å². The quantitative estimate of drug-likeness (QED) is 0.492. The molecule has 0 aliphatic heterocycles. The van der Waals surface area contributed by atoms with E-state index in [0.29, 0.717) is 0 Å². The van der Waals surface area contributed by atoms with Gasteiger partial charge in [0, 0.05) is 5.88 Å². The van der Waals surface area contributed by atoms with Crippen LogP contribution in [0, 0.1) is 0 Å². The molecule has 0 fully saturated rings. The molecular formula is C5H10Cl2O2. The van der Waals surface area contributed by atoms with E-state index in [4.69, 9.17) is 33.4 Å². The molecule has 1 atom stereocenters. The van der Waals surface area contributed by atoms with Crippen molar-refractivity contribution in [1.82, 2.24) is 0 Å². The second-order valence-electron chi connectivity index (χ2n) is 1.85. The molecule has 0 aromatic rings. The van der Waals surface area contributed by atoms with Crippen LogP contribution in [0.3, 0.4) is 0 Å². The summed E-state index contributed by atoms with van der Waals surface area (Å²) in [5.74, 6) is -1.77. The number of aliphatic hydroxyl groups is 2. The van der Waals surface area contributed by atoms with Crippen molar-refractivity contribution < 1.29 is 10.2 Å². The van der Waals surface area contributed by atoms with Gasteiger partial charge in [0.1, 0.15) is 5.38 Å². The Morgan fingerprint density at radius 2 is 2.00 bits per heavy atom. The van der Waals surface area contributed by atoms with Gasteiger partial charge < -0.3 is 10.2 Å². The van der Waals surface area contributed by atoms with Crippen molar-refractivity contribution in [2.75, 3.05) is 5.88 Å². The second kappa shape index (κ2) is 3.62. The highest BCUT2D eigenvalue weighted by Crippen LogP contribution is 2.17. The van der Waals surface area contributed by atoms with E-state index in [1.54, 1.807) is 6.92 Å². The van der Waals surface area contributed by atoms with Crippen molar-refractivity contribution in [1.29, 1.82) is 0 Å². The van der Waals surface area contributed by atoms with E-state index in [-0.39, 0.29) is 12.3 Å². The topological polar surface area (TPSA) is 40.5 Å². The predicted molar refractivity (Wildman–Crippen MR) is 37.8 cm³/mol. The average Bonchev–Trinajstić information content (AvgIpc) is 1.86. The van der Waals surface area contributed by atoms with Crippen LogP contribution in [0.2, 0.25) is 0 Å². The van der Waals surface area contributed by atoms with Crippen LogP contribution in [0.1, 0.15) is 13.3 Å². The van der Waals surface area contributed by atoms with Gasteiger partial charge in [-0.25, -0.2) is 0 Å². The molecule has 0 aliphatic carbocycles. The first-order chi connectivity index (χ1) is 4.04. The Labute approximate surface area is 64.4 Å². The minimum Gasteiger partial charge on any atom is -0.364 e. The van der Waals surface area contributed by atoms with Crippen LogP contribution in [0.4, 0.5) is 0 Å². The zero-order valence-corrected chi connectivity index (χ0v) is 6.65. The van der Waals surface area contributed by atoms with E-state index in [0.717, 1.165) is 0 Å². The van der Waals surface area contributed by atoms with Gasteiger partial charge in [-0.2, -0.15) is 0 Å². The van der Waals surface area contributed by atoms with Crippen molar-refractivity contribution in [3.05, 3.63) is 0 Å². The lowest BCUT2D eigenvalue weighted by atomic mass is 10.1. The normalized spacial score (nSPS) is 15.7. The zero-order chi connectivity index (χ0) is 7.49. The fourth-order valence-corrected chi connectivity index (χ4v) is 0.746. The van der Waals surface area contributed by atoms with Gasteiger partial charge in [0.05, 0.1) is 0 Å². The Morgan fingerprint density at radius 3 is 2.11 bits per heavy atom. The van der Waals surface area contributed by atoms with Crippen molar-refractivity contribution >= 4 is 23.2 Å². The Morgan fingerprint density at radius 1 is 1.56 bits per heavy atom. The monoisotopic (exact) mass is 172 g/mol. The van der Waals surface area contributed by atoms with Gasteiger partial charge in [0.25, 0.3) is 0 Å². The molecule has 0 heterocycles. The molecule has 4 heteroatoms. The third-order valence-corrected chi connectivity index (χ3v) is 2.13. The first-order valence-corrected chi connectivity index (χ1v) is 3.66. The SMILES string of the molecule is CCC(O)(O)[C@H](Cl)CCl. The summed E-state index contributed by atoms with van der Waals surface area (Å²) in [4.78, 5) is 0. The zero-order valence-electron chi connectivity index (χ0n) is 5.14. The van der Waals surface area contributed by atoms with E-state index < -0.39 is 11.2 Å². The highest BCUT2D eigenvalue weighted by atomic mass is 35.5. The number of hydrogen-bond donors (Lipinski definition) is 2. The van der Waals surface area contributed by atoms with E-state index in [1.807, 2.05) is 0 Å². The van der Waals surface area contributed by atoms with Crippen LogP contribution in [-0.2, 0) is 0 Å². The van der Waals surface area contributed by atoms with Crippen LogP contribution >= 0.6 is 23.2 Å². The van der Waals surface area contributed by atoms with Gasteiger partial charge in [-0.05, 0) is 6.42 Å². The lowest BCUT2D eigenvalue weighted by molar-refractivity contribution is -0.159. The minimum atomic E-state index is -1.82. The molecule has 0 aliphatic rings. The first kappa shape index (κ1) is 9.50. The van der Waals surface area contributed by atoms with Crippen molar-refractivity contribution in [2.24, 2.45) is 0 Å². The molecule has 0 saturated carbocycles. The summed E-state index contributed by atoms with van der Waals surface area (Å²) in [6.45, 7) is 1.63. The van der Waals surface area contributed by atoms with Gasteiger partial charge in [0.15, 0.2) is 5.79 Å². The van der Waals surface area contributed by atoms with E-state index >= 15 is 0 Å². The Bertz CT molecular complexity index is 85.0. The van der Waals surface area contributed by atoms with Crippen LogP contribution in [0.25, 0.3) is 0 Å². The molecular weight excluding hydrogens is 163 g/mol. The van der Waals surface area contributed by atoms with E-state index in [2.05, 4.69) is 0 Å². The fourth-order valence-electron chi connectivity index (χ4n) is 0.345. The summed E-state index contributed by atoms with van der Waals surface area (Å²) >= 11 is 10.7. The Kier molecular flexibility index (Phi) is 3.82. The molecule has 0 saturated heterocycles. The van der Waals surface area contributed by atoms with Gasteiger partial charge >= 0.3 is 0 Å². The molecule has 0 radical (unpaired) electrons. The molecule has 0 spiro atoms. The third kappa shape index (κ3) is 2.72. The van der Waals surface area contributed by atoms with Crippen LogP contribution in [-0.4, -0.2) is 27.3 Å². The highest BCUT2D eigenvalue weighted by Gasteiger charge is 2.29. The highest BCUT2D eigenvalue weighted by molar-refractivity contribution is 6.28. The van der Waals surface area contributed by atoms with E-state index in [9.17, 15) is 0 Å². The molecule has 0 bridgehead atoms. The largest absolute Gasteiger partial charge is 0.364 e. The van der Waals surface area contributed by atoms with Gasteiger partial charge in [-0.15, -0.1) is 23.2 Å². The molecule has 9 heavy (non-hydrogen) atoms. The maximum absolute atomic E-state index is 8.93. The summed E-state index contributed by atoms with van der Waals surface area (Å²) in [6.07, 6.45) is 0.188. The maximum Gasteiger partial charge on any atom is 0.180 e. The minimum absolute atomic E-state index is 0.0440. The summed E-state index contributed by atoms with van der Waals surface area (Å²) < 4.78 is 0. The number of rotatable bonds is 3. The third-order valence-electron chi connectivity index (χ3n) is 1.16. The molecule has 0 aromatic heterocycles.